The molecular weight excluding hydrogens is 431 g/mol. The third-order valence-corrected chi connectivity index (χ3v) is 5.84. The van der Waals surface area contributed by atoms with Crippen LogP contribution in [-0.2, 0) is 22.2 Å². The van der Waals surface area contributed by atoms with Gasteiger partial charge in [0.15, 0.2) is 0 Å². The number of likely N-dealkylation sites (N-methyl/N-ethyl adjacent to an activating group) is 1. The summed E-state index contributed by atoms with van der Waals surface area (Å²) in [6.45, 7) is 0.785. The molecule has 11 heteroatoms. The van der Waals surface area contributed by atoms with E-state index in [-0.39, 0.29) is 28.4 Å². The first-order chi connectivity index (χ1) is 14.7. The number of amides is 2. The Bertz CT molecular complexity index is 928. The van der Waals surface area contributed by atoms with E-state index < -0.39 is 23.1 Å². The molecule has 1 aliphatic rings. The van der Waals surface area contributed by atoms with Crippen LogP contribution in [0.2, 0.25) is 0 Å². The van der Waals surface area contributed by atoms with Gasteiger partial charge in [-0.05, 0) is 31.4 Å². The normalized spacial score (nSPS) is 17.2. The Hall–Kier alpha value is -2.79. The van der Waals surface area contributed by atoms with E-state index in [2.05, 4.69) is 20.8 Å². The zero-order chi connectivity index (χ0) is 22.4. The predicted octanol–water partition coefficient (Wildman–Crippen LogP) is 2.56. The van der Waals surface area contributed by atoms with E-state index in [0.29, 0.717) is 12.8 Å². The van der Waals surface area contributed by atoms with Gasteiger partial charge in [-0.1, -0.05) is 47.7 Å². The lowest BCUT2D eigenvalue weighted by Crippen LogP contribution is -2.54. The Kier molecular flexibility index (Phi) is 7.39. The Morgan fingerprint density at radius 1 is 1.32 bits per heavy atom. The second-order valence-electron chi connectivity index (χ2n) is 7.08. The fourth-order valence-electron chi connectivity index (χ4n) is 2.85. The number of aryl methyl sites for hydroxylation is 1. The number of hydrogen-bond acceptors (Lipinski definition) is 6. The second-order valence-corrected chi connectivity index (χ2v) is 8.03. The van der Waals surface area contributed by atoms with Crippen LogP contribution >= 0.6 is 11.3 Å². The monoisotopic (exact) mass is 453 g/mol. The zero-order valence-corrected chi connectivity index (χ0v) is 17.5. The number of hydrogen-bond donors (Lipinski definition) is 2. The number of alkyl halides is 3. The summed E-state index contributed by atoms with van der Waals surface area (Å²) in [5, 5.41) is 11.2. The summed E-state index contributed by atoms with van der Waals surface area (Å²) in [6, 6.07) is 9.06. The lowest BCUT2D eigenvalue weighted by atomic mass is 10.0. The zero-order valence-electron chi connectivity index (χ0n) is 16.7. The smallest absolute Gasteiger partial charge is 0.349 e. The Labute approximate surface area is 181 Å². The fraction of sp³-hybridized carbons (Fsp3) is 0.400. The van der Waals surface area contributed by atoms with E-state index >= 15 is 0 Å². The highest BCUT2D eigenvalue weighted by Gasteiger charge is 2.36. The van der Waals surface area contributed by atoms with E-state index in [1.54, 1.807) is 6.08 Å². The maximum Gasteiger partial charge on any atom is 0.445 e. The predicted molar refractivity (Wildman–Crippen MR) is 111 cm³/mol. The van der Waals surface area contributed by atoms with Crippen LogP contribution in [0.15, 0.2) is 42.5 Å². The van der Waals surface area contributed by atoms with Crippen LogP contribution in [0.5, 0.6) is 0 Å². The molecule has 1 saturated heterocycles. The molecule has 166 valence electrons. The Balaban J connectivity index is 1.65. The molecule has 0 aliphatic carbocycles. The molecule has 0 spiro atoms. The molecule has 2 atom stereocenters. The van der Waals surface area contributed by atoms with Crippen LogP contribution in [0.25, 0.3) is 0 Å². The van der Waals surface area contributed by atoms with Crippen molar-refractivity contribution in [1.29, 1.82) is 0 Å². The average molecular weight is 453 g/mol. The summed E-state index contributed by atoms with van der Waals surface area (Å²) in [6.07, 6.45) is 0.179. The van der Waals surface area contributed by atoms with Crippen molar-refractivity contribution in [2.45, 2.75) is 37.5 Å². The Morgan fingerprint density at radius 3 is 2.61 bits per heavy atom. The first-order valence-corrected chi connectivity index (χ1v) is 10.5. The van der Waals surface area contributed by atoms with Crippen molar-refractivity contribution >= 4 is 28.3 Å². The van der Waals surface area contributed by atoms with Crippen molar-refractivity contribution in [1.82, 2.24) is 20.8 Å². The van der Waals surface area contributed by atoms with Gasteiger partial charge in [-0.2, -0.15) is 13.2 Å². The van der Waals surface area contributed by atoms with Gasteiger partial charge in [0.05, 0.1) is 6.04 Å². The molecule has 2 N–H and O–H groups in total. The van der Waals surface area contributed by atoms with Gasteiger partial charge in [0, 0.05) is 19.2 Å². The van der Waals surface area contributed by atoms with Crippen molar-refractivity contribution in [3.8, 4) is 0 Å². The van der Waals surface area contributed by atoms with Crippen LogP contribution in [0, 0.1) is 0 Å². The highest BCUT2D eigenvalue weighted by atomic mass is 32.1. The number of nitrogens with one attached hydrogen (secondary N) is 2. The van der Waals surface area contributed by atoms with Gasteiger partial charge in [0.1, 0.15) is 0 Å². The van der Waals surface area contributed by atoms with Gasteiger partial charge in [0.25, 0.3) is 5.91 Å². The maximum absolute atomic E-state index is 12.7. The highest BCUT2D eigenvalue weighted by Crippen LogP contribution is 2.34. The molecule has 31 heavy (non-hydrogen) atoms. The number of carbonyl (C=O) groups excluding carboxylic acids is 2. The minimum Gasteiger partial charge on any atom is -0.349 e. The number of benzene rings is 1. The van der Waals surface area contributed by atoms with Gasteiger partial charge >= 0.3 is 6.18 Å². The second kappa shape index (κ2) is 10.0. The molecule has 0 unspecified atom stereocenters. The van der Waals surface area contributed by atoms with Gasteiger partial charge in [-0.15, -0.1) is 10.2 Å². The van der Waals surface area contributed by atoms with Crippen LogP contribution in [-0.4, -0.2) is 47.7 Å². The standard InChI is InChI=1S/C20H22F3N5O2S/c1-28(19-27-26-18(31-19)20(21,22)23)16(29)10-9-14(25-17(30)15-11-12-24-15)8-7-13-5-3-2-4-6-13/h2-6,9-10,14-15,24H,7-8,11-12H2,1H3,(H,25,30)/t14-,15-/m0/s1. The van der Waals surface area contributed by atoms with E-state index in [4.69, 9.17) is 0 Å². The number of rotatable bonds is 8. The lowest BCUT2D eigenvalue weighted by Gasteiger charge is -2.28. The molecule has 0 radical (unpaired) electrons. The van der Waals surface area contributed by atoms with Crippen molar-refractivity contribution < 1.29 is 22.8 Å². The van der Waals surface area contributed by atoms with Gasteiger partial charge in [0.2, 0.25) is 16.0 Å². The van der Waals surface area contributed by atoms with Gasteiger partial charge in [-0.3, -0.25) is 14.5 Å². The quantitative estimate of drug-likeness (QED) is 0.600. The Morgan fingerprint density at radius 2 is 2.03 bits per heavy atom. The number of carbonyl (C=O) groups is 2. The van der Waals surface area contributed by atoms with Crippen molar-refractivity contribution in [2.75, 3.05) is 18.5 Å². The molecule has 3 rings (SSSR count). The summed E-state index contributed by atoms with van der Waals surface area (Å²) in [5.74, 6) is -0.709. The lowest BCUT2D eigenvalue weighted by molar-refractivity contribution is -0.138. The van der Waals surface area contributed by atoms with Crippen LogP contribution in [0.4, 0.5) is 18.3 Å². The van der Waals surface area contributed by atoms with E-state index in [0.717, 1.165) is 23.4 Å². The molecule has 0 saturated carbocycles. The molecule has 7 nitrogen and oxygen atoms in total. The first-order valence-electron chi connectivity index (χ1n) is 9.68. The molecule has 2 heterocycles. The minimum atomic E-state index is -4.61. The number of anilines is 1. The fourth-order valence-corrected chi connectivity index (χ4v) is 3.53. The number of aromatic nitrogens is 2. The SMILES string of the molecule is CN(C(=O)C=C[C@H](CCc1ccccc1)NC(=O)[C@@H]1CCN1)c1nnc(C(F)(F)F)s1. The van der Waals surface area contributed by atoms with Gasteiger partial charge in [-0.25, -0.2) is 0 Å². The molecule has 2 amide bonds. The summed E-state index contributed by atoms with van der Waals surface area (Å²) in [4.78, 5) is 25.8. The average Bonchev–Trinajstić information content (AvgIpc) is 3.19. The van der Waals surface area contributed by atoms with E-state index in [1.165, 1.54) is 13.1 Å². The van der Waals surface area contributed by atoms with Crippen LogP contribution in [0.1, 0.15) is 23.4 Å². The summed E-state index contributed by atoms with van der Waals surface area (Å²) in [7, 11) is 1.32. The van der Waals surface area contributed by atoms with E-state index in [1.807, 2.05) is 30.3 Å². The molecule has 1 aromatic heterocycles. The summed E-state index contributed by atoms with van der Waals surface area (Å²) >= 11 is 0.289. The molecular formula is C20H22F3N5O2S. The molecule has 1 fully saturated rings. The third-order valence-electron chi connectivity index (χ3n) is 4.80. The number of nitrogens with zero attached hydrogens (tertiary/aromatic N) is 3. The van der Waals surface area contributed by atoms with Crippen molar-refractivity contribution in [3.63, 3.8) is 0 Å². The minimum absolute atomic E-state index is 0.145. The molecule has 1 aliphatic heterocycles. The van der Waals surface area contributed by atoms with Gasteiger partial charge < -0.3 is 10.6 Å². The molecule has 2 aromatic rings. The molecule has 0 bridgehead atoms. The third kappa shape index (κ3) is 6.34. The van der Waals surface area contributed by atoms with Crippen LogP contribution in [0.3, 0.4) is 0 Å². The highest BCUT2D eigenvalue weighted by molar-refractivity contribution is 7.15. The maximum atomic E-state index is 12.7. The summed E-state index contributed by atoms with van der Waals surface area (Å²) < 4.78 is 38.1. The van der Waals surface area contributed by atoms with Crippen LogP contribution < -0.4 is 15.5 Å². The largest absolute Gasteiger partial charge is 0.445 e. The topological polar surface area (TPSA) is 87.2 Å². The molecule has 1 aromatic carbocycles. The van der Waals surface area contributed by atoms with Crippen molar-refractivity contribution in [2.24, 2.45) is 0 Å². The number of halogens is 3. The van der Waals surface area contributed by atoms with E-state index in [9.17, 15) is 22.8 Å². The summed E-state index contributed by atoms with van der Waals surface area (Å²) in [5.41, 5.74) is 1.09. The first kappa shape index (κ1) is 22.9. The van der Waals surface area contributed by atoms with Crippen molar-refractivity contribution in [3.05, 3.63) is 53.1 Å².